The van der Waals surface area contributed by atoms with Crippen LogP contribution in [0, 0.1) is 5.92 Å². The van der Waals surface area contributed by atoms with Crippen LogP contribution in [0.25, 0.3) is 0 Å². The van der Waals surface area contributed by atoms with Crippen molar-refractivity contribution in [3.63, 3.8) is 0 Å². The van der Waals surface area contributed by atoms with Crippen LogP contribution in [0.1, 0.15) is 32.6 Å². The maximum atomic E-state index is 12.4. The lowest BCUT2D eigenvalue weighted by Gasteiger charge is -2.34. The first-order valence-electron chi connectivity index (χ1n) is 7.92. The Morgan fingerprint density at radius 2 is 1.91 bits per heavy atom. The summed E-state index contributed by atoms with van der Waals surface area (Å²) in [6.45, 7) is 2.15. The Morgan fingerprint density at radius 1 is 1.22 bits per heavy atom. The second-order valence-electron chi connectivity index (χ2n) is 6.02. The molecule has 0 bridgehead atoms. The molecule has 1 heterocycles. The Balaban J connectivity index is 2.02. The van der Waals surface area contributed by atoms with Gasteiger partial charge in [0.25, 0.3) is 0 Å². The van der Waals surface area contributed by atoms with E-state index in [0.29, 0.717) is 13.0 Å². The third-order valence-electron chi connectivity index (χ3n) is 4.41. The van der Waals surface area contributed by atoms with E-state index in [2.05, 4.69) is 5.32 Å². The number of carbonyl (C=O) groups is 4. The second kappa shape index (κ2) is 7.54. The number of nitrogens with zero attached hydrogens (tertiary/aromatic N) is 2. The summed E-state index contributed by atoms with van der Waals surface area (Å²) < 4.78 is 4.81. The van der Waals surface area contributed by atoms with E-state index in [1.165, 1.54) is 7.11 Å². The van der Waals surface area contributed by atoms with Gasteiger partial charge in [-0.25, -0.2) is 9.69 Å². The third kappa shape index (κ3) is 3.69. The van der Waals surface area contributed by atoms with Gasteiger partial charge in [-0.05, 0) is 18.8 Å². The van der Waals surface area contributed by atoms with Crippen LogP contribution in [-0.2, 0) is 19.1 Å². The van der Waals surface area contributed by atoms with Crippen LogP contribution >= 0.6 is 0 Å². The summed E-state index contributed by atoms with van der Waals surface area (Å²) in [4.78, 5) is 50.2. The van der Waals surface area contributed by atoms with Gasteiger partial charge in [-0.15, -0.1) is 0 Å². The van der Waals surface area contributed by atoms with Gasteiger partial charge >= 0.3 is 17.8 Å². The minimum absolute atomic E-state index is 0.167. The maximum absolute atomic E-state index is 12.4. The maximum Gasteiger partial charge on any atom is 0.334 e. The number of carbonyl (C=O) groups excluding carboxylic acids is 4. The van der Waals surface area contributed by atoms with Gasteiger partial charge in [0.05, 0.1) is 6.61 Å². The molecule has 1 N–H and O–H groups in total. The molecule has 8 heteroatoms. The van der Waals surface area contributed by atoms with Crippen molar-refractivity contribution < 1.29 is 23.9 Å². The minimum Gasteiger partial charge on any atom is -0.383 e. The zero-order valence-electron chi connectivity index (χ0n) is 13.5. The number of amides is 5. The van der Waals surface area contributed by atoms with Crippen LogP contribution in [-0.4, -0.2) is 66.4 Å². The molecule has 8 nitrogen and oxygen atoms in total. The van der Waals surface area contributed by atoms with Gasteiger partial charge in [0.2, 0.25) is 5.91 Å². The fourth-order valence-corrected chi connectivity index (χ4v) is 3.13. The molecule has 2 rings (SSSR count). The Bertz CT molecular complexity index is 507. The molecule has 5 amide bonds. The molecule has 2 fully saturated rings. The quantitative estimate of drug-likeness (QED) is 0.425. The fourth-order valence-electron chi connectivity index (χ4n) is 3.13. The van der Waals surface area contributed by atoms with Crippen LogP contribution in [0.4, 0.5) is 4.79 Å². The van der Waals surface area contributed by atoms with Crippen molar-refractivity contribution >= 4 is 23.8 Å². The van der Waals surface area contributed by atoms with Crippen LogP contribution in [0.5, 0.6) is 0 Å². The molecule has 1 saturated carbocycles. The van der Waals surface area contributed by atoms with Gasteiger partial charge in [0.15, 0.2) is 0 Å². The highest BCUT2D eigenvalue weighted by atomic mass is 16.5. The van der Waals surface area contributed by atoms with Gasteiger partial charge in [0.1, 0.15) is 6.54 Å². The molecule has 2 aliphatic rings. The Labute approximate surface area is 135 Å². The van der Waals surface area contributed by atoms with Crippen molar-refractivity contribution in [3.8, 4) is 0 Å². The lowest BCUT2D eigenvalue weighted by molar-refractivity contribution is -0.145. The molecule has 0 aromatic carbocycles. The van der Waals surface area contributed by atoms with Gasteiger partial charge in [0, 0.05) is 19.7 Å². The molecule has 1 saturated heterocycles. The normalized spacial score (nSPS) is 25.2. The number of nitrogens with one attached hydrogen (secondary N) is 1. The number of hydrogen-bond acceptors (Lipinski definition) is 5. The van der Waals surface area contributed by atoms with Crippen LogP contribution in [0.15, 0.2) is 0 Å². The molecule has 2 atom stereocenters. The number of methoxy groups -OCH3 is 1. The van der Waals surface area contributed by atoms with Crippen LogP contribution in [0.2, 0.25) is 0 Å². The first kappa shape index (κ1) is 17.4. The molecule has 0 spiro atoms. The summed E-state index contributed by atoms with van der Waals surface area (Å²) >= 11 is 0. The Hall–Kier alpha value is -1.96. The van der Waals surface area contributed by atoms with E-state index >= 15 is 0 Å². The van der Waals surface area contributed by atoms with Crippen LogP contribution < -0.4 is 5.32 Å². The standard InChI is InChI=1S/C15H23N3O5/c1-10-5-3-4-6-11(10)18-14(21)13(20)17(15(18)22)9-12(19)16-7-8-23-2/h10-11H,3-9H2,1-2H3,(H,16,19)/t10-,11+/m1/s1. The molecule has 1 aliphatic carbocycles. The zero-order valence-corrected chi connectivity index (χ0v) is 13.5. The summed E-state index contributed by atoms with van der Waals surface area (Å²) in [5.41, 5.74) is 0. The van der Waals surface area contributed by atoms with Gasteiger partial charge < -0.3 is 10.1 Å². The fraction of sp³-hybridized carbons (Fsp3) is 0.733. The van der Waals surface area contributed by atoms with Crippen molar-refractivity contribution in [1.29, 1.82) is 0 Å². The average Bonchev–Trinajstić information content (AvgIpc) is 2.72. The summed E-state index contributed by atoms with van der Waals surface area (Å²) in [6, 6.07) is -0.935. The van der Waals surface area contributed by atoms with Gasteiger partial charge in [-0.3, -0.25) is 19.3 Å². The molecule has 0 aromatic rings. The number of urea groups is 1. The smallest absolute Gasteiger partial charge is 0.334 e. The summed E-state index contributed by atoms with van der Waals surface area (Å²) in [7, 11) is 1.50. The molecular weight excluding hydrogens is 302 g/mol. The number of ether oxygens (including phenoxy) is 1. The lowest BCUT2D eigenvalue weighted by Crippen LogP contribution is -2.47. The molecule has 0 unspecified atom stereocenters. The van der Waals surface area contributed by atoms with Gasteiger partial charge in [-0.2, -0.15) is 0 Å². The highest BCUT2D eigenvalue weighted by Gasteiger charge is 2.49. The molecule has 0 aromatic heterocycles. The predicted molar refractivity (Wildman–Crippen MR) is 80.3 cm³/mol. The largest absolute Gasteiger partial charge is 0.383 e. The van der Waals surface area contributed by atoms with Crippen molar-refractivity contribution in [1.82, 2.24) is 15.1 Å². The van der Waals surface area contributed by atoms with E-state index in [0.717, 1.165) is 29.1 Å². The van der Waals surface area contributed by atoms with Crippen molar-refractivity contribution in [2.45, 2.75) is 38.6 Å². The van der Waals surface area contributed by atoms with E-state index < -0.39 is 30.3 Å². The number of hydrogen-bond donors (Lipinski definition) is 1. The Morgan fingerprint density at radius 3 is 2.57 bits per heavy atom. The van der Waals surface area contributed by atoms with E-state index in [4.69, 9.17) is 4.74 Å². The van der Waals surface area contributed by atoms with Crippen molar-refractivity contribution in [3.05, 3.63) is 0 Å². The minimum atomic E-state index is -0.922. The second-order valence-corrected chi connectivity index (χ2v) is 6.02. The summed E-state index contributed by atoms with van der Waals surface area (Å²) in [6.07, 6.45) is 3.62. The van der Waals surface area contributed by atoms with E-state index in [-0.39, 0.29) is 18.5 Å². The molecule has 0 radical (unpaired) electrons. The van der Waals surface area contributed by atoms with E-state index in [9.17, 15) is 19.2 Å². The molecule has 128 valence electrons. The van der Waals surface area contributed by atoms with E-state index in [1.807, 2.05) is 6.92 Å². The summed E-state index contributed by atoms with van der Waals surface area (Å²) in [5.74, 6) is -2.07. The monoisotopic (exact) mass is 325 g/mol. The Kier molecular flexibility index (Phi) is 5.70. The van der Waals surface area contributed by atoms with E-state index in [1.54, 1.807) is 0 Å². The molecule has 23 heavy (non-hydrogen) atoms. The predicted octanol–water partition coefficient (Wildman–Crippen LogP) is 0.119. The van der Waals surface area contributed by atoms with Gasteiger partial charge in [-0.1, -0.05) is 19.8 Å². The SMILES string of the molecule is COCCNC(=O)CN1C(=O)C(=O)N([C@H]2CCCC[C@H]2C)C1=O. The molecular formula is C15H23N3O5. The highest BCUT2D eigenvalue weighted by Crippen LogP contribution is 2.31. The van der Waals surface area contributed by atoms with Crippen molar-refractivity contribution in [2.75, 3.05) is 26.8 Å². The number of rotatable bonds is 6. The van der Waals surface area contributed by atoms with Crippen LogP contribution in [0.3, 0.4) is 0 Å². The average molecular weight is 325 g/mol. The van der Waals surface area contributed by atoms with Crippen molar-refractivity contribution in [2.24, 2.45) is 5.92 Å². The summed E-state index contributed by atoms with van der Waals surface area (Å²) in [5, 5.41) is 2.53. The number of imide groups is 2. The highest BCUT2D eigenvalue weighted by molar-refractivity contribution is 6.45. The lowest BCUT2D eigenvalue weighted by atomic mass is 9.85. The topological polar surface area (TPSA) is 96.0 Å². The molecule has 1 aliphatic heterocycles. The third-order valence-corrected chi connectivity index (χ3v) is 4.41. The first-order valence-corrected chi connectivity index (χ1v) is 7.92. The zero-order chi connectivity index (χ0) is 17.0. The first-order chi connectivity index (χ1) is 11.0.